The van der Waals surface area contributed by atoms with Crippen molar-refractivity contribution < 1.29 is 4.79 Å². The average Bonchev–Trinajstić information content (AvgIpc) is 2.89. The highest BCUT2D eigenvalue weighted by atomic mass is 16.2. The average molecular weight is 280 g/mol. The number of rotatable bonds is 4. The molecule has 1 aromatic heterocycles. The van der Waals surface area contributed by atoms with Crippen molar-refractivity contribution >= 4 is 5.91 Å². The summed E-state index contributed by atoms with van der Waals surface area (Å²) < 4.78 is 1.47. The van der Waals surface area contributed by atoms with Crippen LogP contribution in [0.2, 0.25) is 0 Å². The number of carbonyl (C=O) groups is 1. The number of amides is 1. The first kappa shape index (κ1) is 14.9. The van der Waals surface area contributed by atoms with Gasteiger partial charge >= 0.3 is 0 Å². The third-order valence-electron chi connectivity index (χ3n) is 3.59. The Bertz CT molecular complexity index is 417. The molecule has 1 fully saturated rings. The van der Waals surface area contributed by atoms with Crippen LogP contribution in [-0.2, 0) is 11.3 Å². The Balaban J connectivity index is 1.72. The third kappa shape index (κ3) is 4.56. The molecule has 0 bridgehead atoms. The molecule has 0 saturated carbocycles. The number of nitrogens with zero attached hydrogens (tertiary/aromatic N) is 6. The van der Waals surface area contributed by atoms with Crippen LogP contribution in [-0.4, -0.2) is 68.6 Å². The molecule has 1 aliphatic rings. The van der Waals surface area contributed by atoms with E-state index in [9.17, 15) is 4.79 Å². The molecule has 7 heteroatoms. The van der Waals surface area contributed by atoms with Crippen molar-refractivity contribution in [3.05, 3.63) is 6.33 Å². The summed E-state index contributed by atoms with van der Waals surface area (Å²) in [5.41, 5.74) is 0.368. The van der Waals surface area contributed by atoms with Crippen LogP contribution in [0.25, 0.3) is 0 Å². The van der Waals surface area contributed by atoms with Gasteiger partial charge in [0.2, 0.25) is 5.91 Å². The minimum atomic E-state index is 0.0905. The van der Waals surface area contributed by atoms with Crippen LogP contribution in [0.15, 0.2) is 6.33 Å². The maximum Gasteiger partial charge on any atom is 0.244 e. The molecular weight excluding hydrogens is 256 g/mol. The first-order chi connectivity index (χ1) is 9.44. The maximum absolute atomic E-state index is 12.1. The number of hydrogen-bond donors (Lipinski definition) is 0. The standard InChI is InChI=1S/C13H24N6O/c1-13(2,3)4-5-17-6-8-18(9-7-17)12(20)10-19-11-14-15-16-19/h11H,4-10H2,1-3H3. The summed E-state index contributed by atoms with van der Waals surface area (Å²) >= 11 is 0. The molecule has 2 rings (SSSR count). The Morgan fingerprint density at radius 1 is 1.20 bits per heavy atom. The first-order valence-corrected chi connectivity index (χ1v) is 7.15. The second-order valence-corrected chi connectivity index (χ2v) is 6.54. The number of tetrazole rings is 1. The summed E-state index contributed by atoms with van der Waals surface area (Å²) in [7, 11) is 0. The molecule has 0 unspecified atom stereocenters. The number of aromatic nitrogens is 4. The quantitative estimate of drug-likeness (QED) is 0.791. The van der Waals surface area contributed by atoms with Crippen molar-refractivity contribution in [3.63, 3.8) is 0 Å². The van der Waals surface area contributed by atoms with Crippen LogP contribution in [0, 0.1) is 5.41 Å². The van der Waals surface area contributed by atoms with E-state index in [-0.39, 0.29) is 12.5 Å². The van der Waals surface area contributed by atoms with E-state index in [4.69, 9.17) is 0 Å². The second-order valence-electron chi connectivity index (χ2n) is 6.54. The van der Waals surface area contributed by atoms with E-state index >= 15 is 0 Å². The minimum absolute atomic E-state index is 0.0905. The highest BCUT2D eigenvalue weighted by Gasteiger charge is 2.22. The molecule has 7 nitrogen and oxygen atoms in total. The number of carbonyl (C=O) groups excluding carboxylic acids is 1. The highest BCUT2D eigenvalue weighted by Crippen LogP contribution is 2.19. The van der Waals surface area contributed by atoms with Gasteiger partial charge in [-0.3, -0.25) is 9.69 Å². The van der Waals surface area contributed by atoms with E-state index in [1.54, 1.807) is 0 Å². The minimum Gasteiger partial charge on any atom is -0.339 e. The molecule has 0 spiro atoms. The summed E-state index contributed by atoms with van der Waals surface area (Å²) in [6.45, 7) is 11.6. The number of hydrogen-bond acceptors (Lipinski definition) is 5. The first-order valence-electron chi connectivity index (χ1n) is 7.15. The molecule has 0 atom stereocenters. The lowest BCUT2D eigenvalue weighted by molar-refractivity contribution is -0.133. The molecular formula is C13H24N6O. The predicted octanol–water partition coefficient (Wildman–Crippen LogP) is 0.254. The second kappa shape index (κ2) is 6.30. The predicted molar refractivity (Wildman–Crippen MR) is 74.9 cm³/mol. The molecule has 0 N–H and O–H groups in total. The summed E-state index contributed by atoms with van der Waals surface area (Å²) in [5.74, 6) is 0.0905. The molecule has 2 heterocycles. The van der Waals surface area contributed by atoms with Crippen molar-refractivity contribution in [1.82, 2.24) is 30.0 Å². The van der Waals surface area contributed by atoms with Gasteiger partial charge in [0.1, 0.15) is 12.9 Å². The smallest absolute Gasteiger partial charge is 0.244 e. The molecule has 1 saturated heterocycles. The zero-order chi connectivity index (χ0) is 14.6. The third-order valence-corrected chi connectivity index (χ3v) is 3.59. The van der Waals surface area contributed by atoms with E-state index in [0.717, 1.165) is 32.7 Å². The van der Waals surface area contributed by atoms with Crippen LogP contribution < -0.4 is 0 Å². The summed E-state index contributed by atoms with van der Waals surface area (Å²) in [5, 5.41) is 10.8. The normalized spacial score (nSPS) is 17.4. The van der Waals surface area contributed by atoms with Crippen molar-refractivity contribution in [2.45, 2.75) is 33.7 Å². The molecule has 1 amide bonds. The molecule has 112 valence electrons. The van der Waals surface area contributed by atoms with Gasteiger partial charge in [-0.1, -0.05) is 20.8 Å². The molecule has 1 aromatic rings. The van der Waals surface area contributed by atoms with Crippen LogP contribution in [0.3, 0.4) is 0 Å². The fourth-order valence-corrected chi connectivity index (χ4v) is 2.21. The van der Waals surface area contributed by atoms with Gasteiger partial charge in [-0.2, -0.15) is 0 Å². The lowest BCUT2D eigenvalue weighted by atomic mass is 9.92. The summed E-state index contributed by atoms with van der Waals surface area (Å²) in [6, 6.07) is 0. The van der Waals surface area contributed by atoms with Gasteiger partial charge in [-0.05, 0) is 28.8 Å². The Morgan fingerprint density at radius 3 is 2.45 bits per heavy atom. The van der Waals surface area contributed by atoms with Crippen LogP contribution in [0.1, 0.15) is 27.2 Å². The van der Waals surface area contributed by atoms with E-state index in [1.807, 2.05) is 4.90 Å². The molecule has 20 heavy (non-hydrogen) atoms. The Kier molecular flexibility index (Phi) is 4.69. The molecule has 0 aromatic carbocycles. The molecule has 0 aliphatic carbocycles. The van der Waals surface area contributed by atoms with Crippen LogP contribution in [0.5, 0.6) is 0 Å². The zero-order valence-corrected chi connectivity index (χ0v) is 12.6. The van der Waals surface area contributed by atoms with Gasteiger partial charge in [-0.25, -0.2) is 4.68 Å². The fraction of sp³-hybridized carbons (Fsp3) is 0.846. The topological polar surface area (TPSA) is 67.2 Å². The zero-order valence-electron chi connectivity index (χ0n) is 12.6. The summed E-state index contributed by atoms with van der Waals surface area (Å²) in [4.78, 5) is 16.4. The summed E-state index contributed by atoms with van der Waals surface area (Å²) in [6.07, 6.45) is 2.66. The van der Waals surface area contributed by atoms with Crippen LogP contribution in [0.4, 0.5) is 0 Å². The number of piperazine rings is 1. The van der Waals surface area contributed by atoms with Gasteiger partial charge in [0.25, 0.3) is 0 Å². The SMILES string of the molecule is CC(C)(C)CCN1CCN(C(=O)Cn2cnnn2)CC1. The lowest BCUT2D eigenvalue weighted by Crippen LogP contribution is -2.50. The van der Waals surface area contributed by atoms with Crippen molar-refractivity contribution in [3.8, 4) is 0 Å². The van der Waals surface area contributed by atoms with E-state index in [0.29, 0.717) is 5.41 Å². The van der Waals surface area contributed by atoms with Crippen LogP contribution >= 0.6 is 0 Å². The molecule has 1 aliphatic heterocycles. The van der Waals surface area contributed by atoms with Gasteiger partial charge in [0.15, 0.2) is 0 Å². The van der Waals surface area contributed by atoms with E-state index in [1.165, 1.54) is 17.4 Å². The van der Waals surface area contributed by atoms with Gasteiger partial charge in [0, 0.05) is 26.2 Å². The Hall–Kier alpha value is -1.50. The largest absolute Gasteiger partial charge is 0.339 e. The Labute approximate surface area is 119 Å². The maximum atomic E-state index is 12.1. The monoisotopic (exact) mass is 280 g/mol. The van der Waals surface area contributed by atoms with Gasteiger partial charge < -0.3 is 4.90 Å². The van der Waals surface area contributed by atoms with Crippen molar-refractivity contribution in [1.29, 1.82) is 0 Å². The van der Waals surface area contributed by atoms with Gasteiger partial charge in [0.05, 0.1) is 0 Å². The van der Waals surface area contributed by atoms with Crippen molar-refractivity contribution in [2.24, 2.45) is 5.41 Å². The molecule has 0 radical (unpaired) electrons. The van der Waals surface area contributed by atoms with Crippen molar-refractivity contribution in [2.75, 3.05) is 32.7 Å². The Morgan fingerprint density at radius 2 is 1.90 bits per heavy atom. The fourth-order valence-electron chi connectivity index (χ4n) is 2.21. The lowest BCUT2D eigenvalue weighted by Gasteiger charge is -2.35. The van der Waals surface area contributed by atoms with Gasteiger partial charge in [-0.15, -0.1) is 5.10 Å². The highest BCUT2D eigenvalue weighted by molar-refractivity contribution is 5.75. The van der Waals surface area contributed by atoms with E-state index < -0.39 is 0 Å². The van der Waals surface area contributed by atoms with E-state index in [2.05, 4.69) is 41.2 Å².